The first kappa shape index (κ1) is 14.5. The van der Waals surface area contributed by atoms with Crippen LogP contribution in [0, 0.1) is 5.82 Å². The van der Waals surface area contributed by atoms with E-state index in [1.54, 1.807) is 0 Å². The summed E-state index contributed by atoms with van der Waals surface area (Å²) in [7, 11) is -3.82. The molecule has 5 nitrogen and oxygen atoms in total. The van der Waals surface area contributed by atoms with Gasteiger partial charge in [0.05, 0.1) is 11.7 Å². The molecular formula is C15H14FN3O2S. The normalized spacial score (nSPS) is 18.9. The average molecular weight is 319 g/mol. The van der Waals surface area contributed by atoms with Gasteiger partial charge in [0.2, 0.25) is 5.96 Å². The number of fused-ring (bicyclic) bond motifs is 1. The van der Waals surface area contributed by atoms with E-state index in [9.17, 15) is 12.8 Å². The lowest BCUT2D eigenvalue weighted by Gasteiger charge is -2.22. The fraction of sp³-hybridized carbons (Fsp3) is 0.133. The molecule has 2 N–H and O–H groups in total. The number of nitrogens with zero attached hydrogens (tertiary/aromatic N) is 1. The SMILES string of the molecule is CC(N=C1Nc2ccc(F)cc2S(=O)(=O)N1)c1ccccc1. The Balaban J connectivity index is 1.95. The van der Waals surface area contributed by atoms with Crippen molar-refractivity contribution in [2.24, 2.45) is 4.99 Å². The number of rotatable bonds is 2. The van der Waals surface area contributed by atoms with Gasteiger partial charge < -0.3 is 5.32 Å². The Morgan fingerprint density at radius 2 is 1.86 bits per heavy atom. The van der Waals surface area contributed by atoms with Crippen molar-refractivity contribution in [1.29, 1.82) is 0 Å². The number of aliphatic imine (C=N–C) groups is 1. The van der Waals surface area contributed by atoms with Crippen molar-refractivity contribution in [2.45, 2.75) is 17.9 Å². The molecule has 2 aromatic rings. The molecule has 0 aromatic heterocycles. The second-order valence-electron chi connectivity index (χ2n) is 4.94. The van der Waals surface area contributed by atoms with E-state index < -0.39 is 15.8 Å². The maximum absolute atomic E-state index is 13.2. The molecule has 2 aromatic carbocycles. The Morgan fingerprint density at radius 1 is 1.14 bits per heavy atom. The highest BCUT2D eigenvalue weighted by molar-refractivity contribution is 7.90. The fourth-order valence-electron chi connectivity index (χ4n) is 2.22. The van der Waals surface area contributed by atoms with Crippen LogP contribution in [-0.4, -0.2) is 14.4 Å². The summed E-state index contributed by atoms with van der Waals surface area (Å²) in [6.45, 7) is 1.86. The molecule has 1 unspecified atom stereocenters. The van der Waals surface area contributed by atoms with Crippen molar-refractivity contribution >= 4 is 21.7 Å². The van der Waals surface area contributed by atoms with E-state index in [0.717, 1.165) is 11.6 Å². The van der Waals surface area contributed by atoms with Gasteiger partial charge in [-0.15, -0.1) is 0 Å². The minimum atomic E-state index is -3.82. The van der Waals surface area contributed by atoms with Gasteiger partial charge in [-0.1, -0.05) is 30.3 Å². The number of guanidine groups is 1. The summed E-state index contributed by atoms with van der Waals surface area (Å²) in [5.74, 6) is -0.487. The van der Waals surface area contributed by atoms with Crippen molar-refractivity contribution in [2.75, 3.05) is 5.32 Å². The van der Waals surface area contributed by atoms with E-state index in [-0.39, 0.29) is 16.9 Å². The number of hydrogen-bond donors (Lipinski definition) is 2. The molecule has 1 heterocycles. The first-order valence-corrected chi connectivity index (χ1v) is 8.16. The molecule has 0 fully saturated rings. The number of sulfonamides is 1. The highest BCUT2D eigenvalue weighted by atomic mass is 32.2. The van der Waals surface area contributed by atoms with Gasteiger partial charge in [0.25, 0.3) is 10.0 Å². The first-order valence-electron chi connectivity index (χ1n) is 6.68. The summed E-state index contributed by atoms with van der Waals surface area (Å²) < 4.78 is 39.8. The zero-order chi connectivity index (χ0) is 15.7. The molecule has 114 valence electrons. The van der Waals surface area contributed by atoms with Crippen LogP contribution in [0.3, 0.4) is 0 Å². The van der Waals surface area contributed by atoms with E-state index in [0.29, 0.717) is 5.69 Å². The maximum atomic E-state index is 13.2. The molecule has 0 saturated carbocycles. The predicted molar refractivity (Wildman–Crippen MR) is 82.6 cm³/mol. The molecule has 1 aliphatic rings. The lowest BCUT2D eigenvalue weighted by Crippen LogP contribution is -2.41. The van der Waals surface area contributed by atoms with E-state index >= 15 is 0 Å². The van der Waals surface area contributed by atoms with Crippen LogP contribution in [0.25, 0.3) is 0 Å². The van der Waals surface area contributed by atoms with Crippen LogP contribution in [0.2, 0.25) is 0 Å². The van der Waals surface area contributed by atoms with Crippen LogP contribution >= 0.6 is 0 Å². The quantitative estimate of drug-likeness (QED) is 0.894. The summed E-state index contributed by atoms with van der Waals surface area (Å²) in [5, 5.41) is 2.87. The van der Waals surface area contributed by atoms with E-state index in [1.165, 1.54) is 12.1 Å². The smallest absolute Gasteiger partial charge is 0.266 e. The van der Waals surface area contributed by atoms with Crippen molar-refractivity contribution in [1.82, 2.24) is 4.72 Å². The largest absolute Gasteiger partial charge is 0.324 e. The molecule has 1 atom stereocenters. The van der Waals surface area contributed by atoms with Crippen LogP contribution in [0.1, 0.15) is 18.5 Å². The predicted octanol–water partition coefficient (Wildman–Crippen LogP) is 2.65. The lowest BCUT2D eigenvalue weighted by atomic mass is 10.1. The molecule has 7 heteroatoms. The van der Waals surface area contributed by atoms with Gasteiger partial charge in [-0.2, -0.15) is 0 Å². The second-order valence-corrected chi connectivity index (χ2v) is 6.59. The van der Waals surface area contributed by atoms with Gasteiger partial charge in [-0.05, 0) is 30.7 Å². The third kappa shape index (κ3) is 2.80. The standard InChI is InChI=1S/C15H14FN3O2S/c1-10(11-5-3-2-4-6-11)17-15-18-13-8-7-12(16)9-14(13)22(20,21)19-15/h2-10H,1H3,(H2,17,18,19). The van der Waals surface area contributed by atoms with E-state index in [1.807, 2.05) is 37.3 Å². The Kier molecular flexibility index (Phi) is 3.58. The molecule has 3 rings (SSSR count). The van der Waals surface area contributed by atoms with Gasteiger partial charge in [0.15, 0.2) is 0 Å². The van der Waals surface area contributed by atoms with Gasteiger partial charge in [-0.25, -0.2) is 22.5 Å². The van der Waals surface area contributed by atoms with Crippen molar-refractivity contribution < 1.29 is 12.8 Å². The van der Waals surface area contributed by atoms with Crippen LogP contribution in [0.15, 0.2) is 58.4 Å². The summed E-state index contributed by atoms with van der Waals surface area (Å²) in [5.41, 5.74) is 1.26. The van der Waals surface area contributed by atoms with Crippen molar-refractivity contribution in [3.63, 3.8) is 0 Å². The molecule has 0 amide bonds. The van der Waals surface area contributed by atoms with Crippen molar-refractivity contribution in [3.8, 4) is 0 Å². The second kappa shape index (κ2) is 5.42. The Hall–Kier alpha value is -2.41. The third-order valence-electron chi connectivity index (χ3n) is 3.32. The van der Waals surface area contributed by atoms with E-state index in [2.05, 4.69) is 15.0 Å². The fourth-order valence-corrected chi connectivity index (χ4v) is 3.36. The van der Waals surface area contributed by atoms with Crippen LogP contribution in [0.4, 0.5) is 10.1 Å². The number of halogens is 1. The number of benzene rings is 2. The maximum Gasteiger partial charge on any atom is 0.266 e. The van der Waals surface area contributed by atoms with Crippen molar-refractivity contribution in [3.05, 3.63) is 59.9 Å². The van der Waals surface area contributed by atoms with Gasteiger partial charge in [-0.3, -0.25) is 0 Å². The summed E-state index contributed by atoms with van der Waals surface area (Å²) in [6.07, 6.45) is 0. The molecular weight excluding hydrogens is 305 g/mol. The van der Waals surface area contributed by atoms with Gasteiger partial charge in [0.1, 0.15) is 10.7 Å². The molecule has 0 aliphatic carbocycles. The average Bonchev–Trinajstić information content (AvgIpc) is 2.48. The summed E-state index contributed by atoms with van der Waals surface area (Å²) in [4.78, 5) is 4.22. The molecule has 0 bridgehead atoms. The highest BCUT2D eigenvalue weighted by Crippen LogP contribution is 2.26. The Morgan fingerprint density at radius 3 is 2.59 bits per heavy atom. The van der Waals surface area contributed by atoms with Crippen LogP contribution < -0.4 is 10.0 Å². The monoisotopic (exact) mass is 319 g/mol. The minimum Gasteiger partial charge on any atom is -0.324 e. The number of nitrogens with one attached hydrogen (secondary N) is 2. The zero-order valence-corrected chi connectivity index (χ0v) is 12.6. The Labute approximate surface area is 127 Å². The molecule has 1 aliphatic heterocycles. The third-order valence-corrected chi connectivity index (χ3v) is 4.70. The highest BCUT2D eigenvalue weighted by Gasteiger charge is 2.27. The summed E-state index contributed by atoms with van der Waals surface area (Å²) >= 11 is 0. The van der Waals surface area contributed by atoms with Crippen LogP contribution in [-0.2, 0) is 10.0 Å². The molecule has 0 spiro atoms. The van der Waals surface area contributed by atoms with Gasteiger partial charge >= 0.3 is 0 Å². The Bertz CT molecular complexity index is 835. The summed E-state index contributed by atoms with van der Waals surface area (Å²) in [6, 6.07) is 12.8. The number of hydrogen-bond acceptors (Lipinski definition) is 3. The topological polar surface area (TPSA) is 70.6 Å². The molecule has 22 heavy (non-hydrogen) atoms. The van der Waals surface area contributed by atoms with E-state index in [4.69, 9.17) is 0 Å². The molecule has 0 saturated heterocycles. The number of anilines is 1. The first-order chi connectivity index (χ1) is 10.5. The van der Waals surface area contributed by atoms with Gasteiger partial charge in [0, 0.05) is 0 Å². The van der Waals surface area contributed by atoms with Crippen LogP contribution in [0.5, 0.6) is 0 Å². The molecule has 0 radical (unpaired) electrons. The minimum absolute atomic E-state index is 0.121. The zero-order valence-electron chi connectivity index (χ0n) is 11.7. The lowest BCUT2D eigenvalue weighted by molar-refractivity contribution is 0.586.